The van der Waals surface area contributed by atoms with Gasteiger partial charge in [-0.1, -0.05) is 12.1 Å². The summed E-state index contributed by atoms with van der Waals surface area (Å²) >= 11 is 1.59. The molecule has 3 rings (SSSR count). The maximum Gasteiger partial charge on any atom is 0.255 e. The normalized spacial score (nSPS) is 10.5. The van der Waals surface area contributed by atoms with Crippen molar-refractivity contribution in [3.8, 4) is 5.75 Å². The highest BCUT2D eigenvalue weighted by Gasteiger charge is 2.10. The van der Waals surface area contributed by atoms with Gasteiger partial charge >= 0.3 is 0 Å². The molecule has 0 bridgehead atoms. The summed E-state index contributed by atoms with van der Waals surface area (Å²) in [6, 6.07) is 14.5. The molecule has 7 heteroatoms. The van der Waals surface area contributed by atoms with Gasteiger partial charge in [0.25, 0.3) is 5.91 Å². The lowest BCUT2D eigenvalue weighted by molar-refractivity contribution is -0.129. The maximum absolute atomic E-state index is 12.6. The number of carbonyl (C=O) groups excluding carboxylic acids is 2. The molecule has 0 aliphatic heterocycles. The van der Waals surface area contributed by atoms with E-state index < -0.39 is 0 Å². The number of anilines is 1. The molecular formula is C23H25N3O3S. The molecule has 156 valence electrons. The van der Waals surface area contributed by atoms with E-state index in [1.165, 1.54) is 0 Å². The molecule has 30 heavy (non-hydrogen) atoms. The molecule has 2 amide bonds. The number of nitrogens with zero attached hydrogens (tertiary/aromatic N) is 2. The second-order valence-corrected chi connectivity index (χ2v) is 7.92. The average molecular weight is 424 g/mol. The van der Waals surface area contributed by atoms with Crippen LogP contribution in [0.2, 0.25) is 0 Å². The molecule has 0 spiro atoms. The minimum Gasteiger partial charge on any atom is -0.487 e. The zero-order valence-corrected chi connectivity index (χ0v) is 18.2. The molecule has 0 saturated heterocycles. The summed E-state index contributed by atoms with van der Waals surface area (Å²) in [6.45, 7) is 7.01. The average Bonchev–Trinajstić information content (AvgIpc) is 3.16. The van der Waals surface area contributed by atoms with Crippen LogP contribution in [0, 0.1) is 6.92 Å². The first-order valence-electron chi connectivity index (χ1n) is 9.74. The molecule has 3 aromatic rings. The van der Waals surface area contributed by atoms with E-state index in [0.29, 0.717) is 36.7 Å². The number of benzene rings is 2. The van der Waals surface area contributed by atoms with E-state index in [1.807, 2.05) is 43.5 Å². The van der Waals surface area contributed by atoms with Crippen molar-refractivity contribution in [2.24, 2.45) is 0 Å². The molecule has 0 unspecified atom stereocenters. The number of aryl methyl sites for hydroxylation is 1. The van der Waals surface area contributed by atoms with E-state index in [4.69, 9.17) is 4.74 Å². The Morgan fingerprint density at radius 3 is 2.57 bits per heavy atom. The van der Waals surface area contributed by atoms with Crippen LogP contribution in [0.15, 0.2) is 53.9 Å². The predicted molar refractivity (Wildman–Crippen MR) is 119 cm³/mol. The maximum atomic E-state index is 12.6. The Hall–Kier alpha value is -3.19. The topological polar surface area (TPSA) is 71.5 Å². The first-order valence-corrected chi connectivity index (χ1v) is 10.6. The van der Waals surface area contributed by atoms with Crippen LogP contribution in [0.5, 0.6) is 5.75 Å². The Labute approximate surface area is 180 Å². The Morgan fingerprint density at radius 2 is 1.93 bits per heavy atom. The molecule has 2 aromatic carbocycles. The van der Waals surface area contributed by atoms with Crippen LogP contribution < -0.4 is 10.1 Å². The van der Waals surface area contributed by atoms with Crippen LogP contribution in [-0.2, 0) is 17.9 Å². The quantitative estimate of drug-likeness (QED) is 0.572. The predicted octanol–water partition coefficient (Wildman–Crippen LogP) is 4.65. The second kappa shape index (κ2) is 10.0. The van der Waals surface area contributed by atoms with Gasteiger partial charge in [0, 0.05) is 36.6 Å². The van der Waals surface area contributed by atoms with Gasteiger partial charge in [-0.05, 0) is 55.8 Å². The van der Waals surface area contributed by atoms with Gasteiger partial charge in [0.1, 0.15) is 12.4 Å². The van der Waals surface area contributed by atoms with Gasteiger partial charge in [0.05, 0.1) is 10.7 Å². The summed E-state index contributed by atoms with van der Waals surface area (Å²) in [4.78, 5) is 30.3. The van der Waals surface area contributed by atoms with Gasteiger partial charge in [-0.15, -0.1) is 11.3 Å². The lowest BCUT2D eigenvalue weighted by Crippen LogP contribution is -2.27. The minimum atomic E-state index is -0.201. The highest BCUT2D eigenvalue weighted by molar-refractivity contribution is 7.09. The van der Waals surface area contributed by atoms with Crippen molar-refractivity contribution in [3.63, 3.8) is 0 Å². The summed E-state index contributed by atoms with van der Waals surface area (Å²) in [7, 11) is 0. The van der Waals surface area contributed by atoms with Crippen LogP contribution in [0.4, 0.5) is 5.69 Å². The number of carbonyl (C=O) groups is 2. The minimum absolute atomic E-state index is 0.0270. The lowest BCUT2D eigenvalue weighted by Gasteiger charge is -2.19. The molecule has 1 heterocycles. The van der Waals surface area contributed by atoms with Gasteiger partial charge in [0.15, 0.2) is 0 Å². The van der Waals surface area contributed by atoms with E-state index >= 15 is 0 Å². The molecule has 6 nitrogen and oxygen atoms in total. The van der Waals surface area contributed by atoms with E-state index in [0.717, 1.165) is 16.3 Å². The Morgan fingerprint density at radius 1 is 1.17 bits per heavy atom. The van der Waals surface area contributed by atoms with Crippen LogP contribution in [0.25, 0.3) is 0 Å². The highest BCUT2D eigenvalue weighted by atomic mass is 32.1. The molecule has 0 aliphatic carbocycles. The SMILES string of the molecule is CCN(Cc1cccc(NC(=O)c2ccc(OCc3csc(C)n3)cc2)c1)C(C)=O. The molecule has 1 N–H and O–H groups in total. The van der Waals surface area contributed by atoms with E-state index in [9.17, 15) is 9.59 Å². The summed E-state index contributed by atoms with van der Waals surface area (Å²) in [6.07, 6.45) is 0. The number of ether oxygens (including phenoxy) is 1. The third-order valence-electron chi connectivity index (χ3n) is 4.56. The molecule has 0 fully saturated rings. The lowest BCUT2D eigenvalue weighted by atomic mass is 10.1. The Bertz CT molecular complexity index is 1010. The van der Waals surface area contributed by atoms with Crippen molar-refractivity contribution in [2.45, 2.75) is 33.9 Å². The first kappa shape index (κ1) is 21.5. The molecule has 0 atom stereocenters. The number of hydrogen-bond acceptors (Lipinski definition) is 5. The van der Waals surface area contributed by atoms with Gasteiger partial charge in [-0.3, -0.25) is 9.59 Å². The number of nitrogens with one attached hydrogen (secondary N) is 1. The second-order valence-electron chi connectivity index (χ2n) is 6.86. The van der Waals surface area contributed by atoms with Crippen molar-refractivity contribution in [2.75, 3.05) is 11.9 Å². The number of thiazole rings is 1. The highest BCUT2D eigenvalue weighted by Crippen LogP contribution is 2.18. The van der Waals surface area contributed by atoms with Gasteiger partial charge < -0.3 is 15.0 Å². The Balaban J connectivity index is 1.59. The fraction of sp³-hybridized carbons (Fsp3) is 0.261. The molecule has 0 radical (unpaired) electrons. The summed E-state index contributed by atoms with van der Waals surface area (Å²) in [5.74, 6) is 0.509. The fourth-order valence-electron chi connectivity index (χ4n) is 2.95. The number of amides is 2. The van der Waals surface area contributed by atoms with Crippen LogP contribution in [0.1, 0.15) is 40.5 Å². The van der Waals surface area contributed by atoms with Gasteiger partial charge in [-0.2, -0.15) is 0 Å². The summed E-state index contributed by atoms with van der Waals surface area (Å²) < 4.78 is 5.72. The molecular weight excluding hydrogens is 398 g/mol. The third-order valence-corrected chi connectivity index (χ3v) is 5.38. The summed E-state index contributed by atoms with van der Waals surface area (Å²) in [5.41, 5.74) is 3.09. The third kappa shape index (κ3) is 5.90. The number of rotatable bonds is 8. The molecule has 0 aliphatic rings. The zero-order chi connectivity index (χ0) is 21.5. The Kier molecular flexibility index (Phi) is 7.19. The van der Waals surface area contributed by atoms with Crippen molar-refractivity contribution >= 4 is 28.8 Å². The molecule has 0 saturated carbocycles. The van der Waals surface area contributed by atoms with Crippen LogP contribution in [-0.4, -0.2) is 28.2 Å². The van der Waals surface area contributed by atoms with E-state index in [1.54, 1.807) is 47.4 Å². The largest absolute Gasteiger partial charge is 0.487 e. The first-order chi connectivity index (χ1) is 14.4. The van der Waals surface area contributed by atoms with Gasteiger partial charge in [0.2, 0.25) is 5.91 Å². The number of aromatic nitrogens is 1. The number of hydrogen-bond donors (Lipinski definition) is 1. The van der Waals surface area contributed by atoms with Crippen LogP contribution >= 0.6 is 11.3 Å². The van der Waals surface area contributed by atoms with Crippen molar-refractivity contribution in [3.05, 3.63) is 75.7 Å². The van der Waals surface area contributed by atoms with Crippen molar-refractivity contribution in [1.29, 1.82) is 0 Å². The summed E-state index contributed by atoms with van der Waals surface area (Å²) in [5, 5.41) is 5.89. The van der Waals surface area contributed by atoms with E-state index in [2.05, 4.69) is 10.3 Å². The molecule has 1 aromatic heterocycles. The zero-order valence-electron chi connectivity index (χ0n) is 17.3. The smallest absolute Gasteiger partial charge is 0.255 e. The monoisotopic (exact) mass is 423 g/mol. The van der Waals surface area contributed by atoms with Crippen LogP contribution in [0.3, 0.4) is 0 Å². The standard InChI is InChI=1S/C23H25N3O3S/c1-4-26(17(3)27)13-18-6-5-7-20(12-18)25-23(28)19-8-10-22(11-9-19)29-14-21-15-30-16(2)24-21/h5-12,15H,4,13-14H2,1-3H3,(H,25,28). The van der Waals surface area contributed by atoms with Crippen molar-refractivity contribution in [1.82, 2.24) is 9.88 Å². The van der Waals surface area contributed by atoms with E-state index in [-0.39, 0.29) is 11.8 Å². The fourth-order valence-corrected chi connectivity index (χ4v) is 3.55. The van der Waals surface area contributed by atoms with Crippen molar-refractivity contribution < 1.29 is 14.3 Å². The van der Waals surface area contributed by atoms with Gasteiger partial charge in [-0.25, -0.2) is 4.98 Å².